The topological polar surface area (TPSA) is 90.0 Å². The van der Waals surface area contributed by atoms with Gasteiger partial charge < -0.3 is 20.2 Å². The summed E-state index contributed by atoms with van der Waals surface area (Å²) >= 11 is 0. The Bertz CT molecular complexity index is 1670. The van der Waals surface area contributed by atoms with Gasteiger partial charge in [0.2, 0.25) is 0 Å². The molecule has 0 aromatic heterocycles. The van der Waals surface area contributed by atoms with Crippen molar-refractivity contribution in [2.75, 3.05) is 55.7 Å². The van der Waals surface area contributed by atoms with E-state index >= 15 is 0 Å². The number of anilines is 1. The molecule has 1 aromatic carbocycles. The van der Waals surface area contributed by atoms with Gasteiger partial charge in [0.25, 0.3) is 0 Å². The van der Waals surface area contributed by atoms with Crippen LogP contribution >= 0.6 is 0 Å². The maximum Gasteiger partial charge on any atom is 0.338 e. The Balaban J connectivity index is 1.08. The van der Waals surface area contributed by atoms with Crippen molar-refractivity contribution in [1.82, 2.24) is 10.2 Å². The second kappa shape index (κ2) is 13.4. The number of rotatable bonds is 9. The lowest BCUT2D eigenvalue weighted by Crippen LogP contribution is -2.70. The summed E-state index contributed by atoms with van der Waals surface area (Å²) in [5.74, 6) is 1.75. The lowest BCUT2D eigenvalue weighted by Gasteiger charge is -2.73. The van der Waals surface area contributed by atoms with Gasteiger partial charge in [-0.15, -0.1) is 0 Å². The van der Waals surface area contributed by atoms with Crippen molar-refractivity contribution in [2.24, 2.45) is 51.2 Å². The molecule has 4 aliphatic carbocycles. The molecule has 2 N–H and O–H groups in total. The maximum absolute atomic E-state index is 14.9. The standard InChI is InChI=1S/C43H66FN3O4S/c1-29(2)31-13-16-43(28-45-20-8-21-46-23-25-52(50,51)26-24-46)18-17-41(6)33(37(31)43)11-12-36-40(5)19-22-47(30-9-10-32(38(48)49)34(44)27-30)39(3,4)35(40)14-15-42(36,41)7/h9-10,27,31,33,35-37,45H,1,8,11-26,28H2,2-7H3,(H,48,49)/t31?,33-,35+,36-,37-,40+,41-,42-,43-/m1/s1. The molecule has 7 rings (SSSR count). The van der Waals surface area contributed by atoms with Crippen LogP contribution in [0.5, 0.6) is 0 Å². The first-order valence-corrected chi connectivity index (χ1v) is 22.3. The zero-order valence-corrected chi connectivity index (χ0v) is 33.7. The van der Waals surface area contributed by atoms with Gasteiger partial charge in [0.1, 0.15) is 5.82 Å². The quantitative estimate of drug-likeness (QED) is 0.196. The summed E-state index contributed by atoms with van der Waals surface area (Å²) in [5.41, 5.74) is 2.73. The van der Waals surface area contributed by atoms with Crippen LogP contribution in [-0.2, 0) is 9.84 Å². The largest absolute Gasteiger partial charge is 0.478 e. The van der Waals surface area contributed by atoms with Crippen LogP contribution in [0.3, 0.4) is 0 Å². The SMILES string of the molecule is C=C(C)C1CC[C@]2(CNCCCN3CCS(=O)(=O)CC3)CC[C@]3(C)[C@H](CC[C@@H]4[C@@]5(C)CCN(c6ccc(C(=O)O)c(F)c6)C(C)(C)[C@@H]5CC[C@]43C)[C@@H]12. The molecule has 1 unspecified atom stereocenters. The predicted octanol–water partition coefficient (Wildman–Crippen LogP) is 8.06. The van der Waals surface area contributed by atoms with Crippen LogP contribution in [0, 0.1) is 57.1 Å². The summed E-state index contributed by atoms with van der Waals surface area (Å²) in [6.07, 6.45) is 12.2. The molecule has 6 fully saturated rings. The van der Waals surface area contributed by atoms with Gasteiger partial charge >= 0.3 is 5.97 Å². The number of nitrogens with one attached hydrogen (secondary N) is 1. The van der Waals surface area contributed by atoms with E-state index in [2.05, 4.69) is 63.2 Å². The molecule has 0 bridgehead atoms. The van der Waals surface area contributed by atoms with Gasteiger partial charge in [0.15, 0.2) is 9.84 Å². The lowest BCUT2D eigenvalue weighted by molar-refractivity contribution is -0.227. The molecule has 1 aromatic rings. The minimum Gasteiger partial charge on any atom is -0.478 e. The van der Waals surface area contributed by atoms with Crippen LogP contribution in [-0.4, -0.2) is 80.7 Å². The normalized spacial score (nSPS) is 41.0. The number of fused-ring (bicyclic) bond motifs is 7. The molecule has 0 radical (unpaired) electrons. The molecule has 290 valence electrons. The van der Waals surface area contributed by atoms with Crippen molar-refractivity contribution in [3.05, 3.63) is 41.7 Å². The van der Waals surface area contributed by atoms with Crippen LogP contribution in [0.1, 0.15) is 116 Å². The molecule has 7 nitrogen and oxygen atoms in total. The average Bonchev–Trinajstić information content (AvgIpc) is 3.45. The number of hydrogen-bond acceptors (Lipinski definition) is 6. The molecule has 4 saturated carbocycles. The van der Waals surface area contributed by atoms with E-state index < -0.39 is 21.6 Å². The number of piperidine rings is 1. The molecule has 9 atom stereocenters. The maximum atomic E-state index is 14.9. The fourth-order valence-electron chi connectivity index (χ4n) is 14.3. The lowest BCUT2D eigenvalue weighted by atomic mass is 9.33. The second-order valence-electron chi connectivity index (χ2n) is 19.6. The number of nitrogens with zero attached hydrogens (tertiary/aromatic N) is 2. The first-order chi connectivity index (χ1) is 24.4. The van der Waals surface area contributed by atoms with Gasteiger partial charge in [-0.3, -0.25) is 0 Å². The zero-order chi connectivity index (χ0) is 37.5. The van der Waals surface area contributed by atoms with E-state index in [1.807, 2.05) is 6.07 Å². The first kappa shape index (κ1) is 38.3. The highest BCUT2D eigenvalue weighted by atomic mass is 32.2. The summed E-state index contributed by atoms with van der Waals surface area (Å²) in [6, 6.07) is 4.68. The van der Waals surface area contributed by atoms with Crippen LogP contribution in [0.25, 0.3) is 0 Å². The first-order valence-electron chi connectivity index (χ1n) is 20.5. The number of halogens is 1. The van der Waals surface area contributed by atoms with E-state index in [0.29, 0.717) is 59.6 Å². The Morgan fingerprint density at radius 3 is 2.35 bits per heavy atom. The van der Waals surface area contributed by atoms with E-state index in [0.717, 1.165) is 51.1 Å². The van der Waals surface area contributed by atoms with E-state index in [4.69, 9.17) is 0 Å². The summed E-state index contributed by atoms with van der Waals surface area (Å²) < 4.78 is 38.7. The molecular formula is C43H66FN3O4S. The van der Waals surface area contributed by atoms with Gasteiger partial charge in [-0.2, -0.15) is 0 Å². The Labute approximate surface area is 313 Å². The number of hydrogen-bond donors (Lipinski definition) is 2. The number of sulfone groups is 1. The fourth-order valence-corrected chi connectivity index (χ4v) is 15.6. The van der Waals surface area contributed by atoms with E-state index in [1.165, 1.54) is 62.7 Å². The predicted molar refractivity (Wildman–Crippen MR) is 208 cm³/mol. The third-order valence-electron chi connectivity index (χ3n) is 17.2. The second-order valence-corrected chi connectivity index (χ2v) is 21.9. The highest BCUT2D eigenvalue weighted by Gasteiger charge is 2.70. The average molecular weight is 740 g/mol. The van der Waals surface area contributed by atoms with Crippen molar-refractivity contribution in [3.63, 3.8) is 0 Å². The number of benzene rings is 1. The van der Waals surface area contributed by atoms with Gasteiger partial charge in [0, 0.05) is 37.4 Å². The van der Waals surface area contributed by atoms with Crippen molar-refractivity contribution in [3.8, 4) is 0 Å². The zero-order valence-electron chi connectivity index (χ0n) is 32.9. The highest BCUT2D eigenvalue weighted by molar-refractivity contribution is 7.91. The van der Waals surface area contributed by atoms with Gasteiger partial charge in [0.05, 0.1) is 17.1 Å². The Morgan fingerprint density at radius 1 is 0.942 bits per heavy atom. The van der Waals surface area contributed by atoms with E-state index in [9.17, 15) is 22.7 Å². The number of carbonyl (C=O) groups is 1. The molecule has 9 heteroatoms. The summed E-state index contributed by atoms with van der Waals surface area (Å²) in [6.45, 7) is 24.8. The minimum absolute atomic E-state index is 0.179. The third-order valence-corrected chi connectivity index (χ3v) is 18.8. The molecule has 6 aliphatic rings. The Hall–Kier alpha value is -1.97. The van der Waals surface area contributed by atoms with Crippen molar-refractivity contribution in [2.45, 2.75) is 111 Å². The molecular weight excluding hydrogens is 674 g/mol. The Morgan fingerprint density at radius 2 is 1.67 bits per heavy atom. The number of allylic oxidation sites excluding steroid dienone is 1. The van der Waals surface area contributed by atoms with Crippen LogP contribution in [0.15, 0.2) is 30.4 Å². The van der Waals surface area contributed by atoms with E-state index in [1.54, 1.807) is 0 Å². The van der Waals surface area contributed by atoms with Crippen LogP contribution in [0.4, 0.5) is 10.1 Å². The van der Waals surface area contributed by atoms with Crippen LogP contribution < -0.4 is 10.2 Å². The summed E-state index contributed by atoms with van der Waals surface area (Å²) in [7, 11) is -2.84. The number of carboxylic acids is 1. The smallest absolute Gasteiger partial charge is 0.338 e. The summed E-state index contributed by atoms with van der Waals surface area (Å²) in [4.78, 5) is 16.2. The Kier molecular flexibility index (Phi) is 9.84. The van der Waals surface area contributed by atoms with Crippen molar-refractivity contribution < 1.29 is 22.7 Å². The highest BCUT2D eigenvalue weighted by Crippen LogP contribution is 2.76. The van der Waals surface area contributed by atoms with Crippen LogP contribution in [0.2, 0.25) is 0 Å². The monoisotopic (exact) mass is 739 g/mol. The fraction of sp³-hybridized carbons (Fsp3) is 0.791. The van der Waals surface area contributed by atoms with Crippen molar-refractivity contribution >= 4 is 21.5 Å². The van der Waals surface area contributed by atoms with Gasteiger partial charge in [-0.25, -0.2) is 17.6 Å². The molecule has 0 spiro atoms. The molecule has 2 saturated heterocycles. The van der Waals surface area contributed by atoms with E-state index in [-0.39, 0.29) is 27.3 Å². The number of aromatic carboxylic acids is 1. The molecule has 0 amide bonds. The molecule has 52 heavy (non-hydrogen) atoms. The van der Waals surface area contributed by atoms with Gasteiger partial charge in [-0.05, 0) is 168 Å². The summed E-state index contributed by atoms with van der Waals surface area (Å²) in [5, 5.41) is 13.4. The molecule has 2 aliphatic heterocycles. The third kappa shape index (κ3) is 6.00. The minimum atomic E-state index is -2.84. The van der Waals surface area contributed by atoms with Crippen molar-refractivity contribution in [1.29, 1.82) is 0 Å². The number of carboxylic acid groups (broad SMARTS) is 1. The molecule has 2 heterocycles. The van der Waals surface area contributed by atoms with Gasteiger partial charge in [-0.1, -0.05) is 32.9 Å².